The summed E-state index contributed by atoms with van der Waals surface area (Å²) in [6, 6.07) is 9.47. The fourth-order valence-corrected chi connectivity index (χ4v) is 3.47. The van der Waals surface area contributed by atoms with Crippen LogP contribution in [0.15, 0.2) is 42.7 Å². The molecule has 4 rings (SSSR count). The van der Waals surface area contributed by atoms with Crippen molar-refractivity contribution in [3.8, 4) is 11.3 Å². The summed E-state index contributed by atoms with van der Waals surface area (Å²) in [6.45, 7) is 7.40. The zero-order valence-corrected chi connectivity index (χ0v) is 18.1. The lowest BCUT2D eigenvalue weighted by molar-refractivity contribution is 0.0943. The van der Waals surface area contributed by atoms with Gasteiger partial charge in [0.1, 0.15) is 11.6 Å². The van der Waals surface area contributed by atoms with Gasteiger partial charge >= 0.3 is 0 Å². The largest absolute Gasteiger partial charge is 0.354 e. The van der Waals surface area contributed by atoms with Gasteiger partial charge in [-0.25, -0.2) is 9.97 Å². The number of amides is 1. The molecule has 4 heterocycles. The van der Waals surface area contributed by atoms with E-state index < -0.39 is 0 Å². The van der Waals surface area contributed by atoms with Gasteiger partial charge in [0.05, 0.1) is 5.69 Å². The number of aromatic nitrogens is 4. The minimum atomic E-state index is -0.101. The third kappa shape index (κ3) is 5.18. The highest BCUT2D eigenvalue weighted by Gasteiger charge is 2.17. The van der Waals surface area contributed by atoms with Gasteiger partial charge in [0.25, 0.3) is 5.91 Å². The summed E-state index contributed by atoms with van der Waals surface area (Å²) < 4.78 is 1.73. The number of carbonyl (C=O) groups excluding carboxylic acids is 1. The van der Waals surface area contributed by atoms with Crippen molar-refractivity contribution in [2.45, 2.75) is 19.9 Å². The Bertz CT molecular complexity index is 1060. The van der Waals surface area contributed by atoms with Gasteiger partial charge in [-0.15, -0.1) is 0 Å². The number of anilines is 3. The van der Waals surface area contributed by atoms with Gasteiger partial charge in [0.2, 0.25) is 0 Å². The van der Waals surface area contributed by atoms with E-state index in [1.807, 2.05) is 57.4 Å². The standard InChI is InChI=1S/C22H28N8O/c1-15(2)25-22(31)17-12-18(26-21(14-17)30-10-7-23-8-11-30)16-4-6-24-20(13-16)27-19-5-9-29(3)28-19/h4-6,9,12-15,23H,7-8,10-11H2,1-3H3,(H,25,31)(H,24,27,28). The summed E-state index contributed by atoms with van der Waals surface area (Å²) in [5.74, 6) is 2.09. The number of hydrogen-bond acceptors (Lipinski definition) is 7. The van der Waals surface area contributed by atoms with Gasteiger partial charge in [-0.2, -0.15) is 5.10 Å². The van der Waals surface area contributed by atoms with Crippen LogP contribution in [0.5, 0.6) is 0 Å². The molecule has 0 aromatic carbocycles. The van der Waals surface area contributed by atoms with Crippen molar-refractivity contribution < 1.29 is 4.79 Å². The van der Waals surface area contributed by atoms with Crippen LogP contribution in [-0.4, -0.2) is 57.9 Å². The summed E-state index contributed by atoms with van der Waals surface area (Å²) in [7, 11) is 1.87. The van der Waals surface area contributed by atoms with Crippen LogP contribution in [0.1, 0.15) is 24.2 Å². The Hall–Kier alpha value is -3.46. The van der Waals surface area contributed by atoms with Crippen LogP contribution in [0.3, 0.4) is 0 Å². The van der Waals surface area contributed by atoms with E-state index in [1.165, 1.54) is 0 Å². The lowest BCUT2D eigenvalue weighted by Crippen LogP contribution is -2.44. The van der Waals surface area contributed by atoms with Crippen molar-refractivity contribution in [3.63, 3.8) is 0 Å². The number of piperazine rings is 1. The summed E-state index contributed by atoms with van der Waals surface area (Å²) in [4.78, 5) is 24.3. The molecule has 1 fully saturated rings. The first kappa shape index (κ1) is 20.8. The maximum Gasteiger partial charge on any atom is 0.251 e. The predicted molar refractivity (Wildman–Crippen MR) is 122 cm³/mol. The van der Waals surface area contributed by atoms with Crippen LogP contribution in [0.2, 0.25) is 0 Å². The molecule has 3 N–H and O–H groups in total. The van der Waals surface area contributed by atoms with Gasteiger partial charge in [-0.3, -0.25) is 9.48 Å². The molecule has 0 radical (unpaired) electrons. The summed E-state index contributed by atoms with van der Waals surface area (Å²) in [6.07, 6.45) is 3.60. The van der Waals surface area contributed by atoms with Crippen LogP contribution in [0.4, 0.5) is 17.5 Å². The van der Waals surface area contributed by atoms with Crippen molar-refractivity contribution in [3.05, 3.63) is 48.3 Å². The highest BCUT2D eigenvalue weighted by atomic mass is 16.1. The molecule has 162 valence electrons. The topological polar surface area (TPSA) is 100 Å². The van der Waals surface area contributed by atoms with Crippen molar-refractivity contribution in [1.82, 2.24) is 30.4 Å². The Morgan fingerprint density at radius 2 is 1.94 bits per heavy atom. The van der Waals surface area contributed by atoms with Gasteiger partial charge < -0.3 is 20.9 Å². The molecule has 0 unspecified atom stereocenters. The Labute approximate surface area is 181 Å². The van der Waals surface area contributed by atoms with E-state index in [9.17, 15) is 4.79 Å². The number of nitrogens with one attached hydrogen (secondary N) is 3. The molecule has 0 atom stereocenters. The average Bonchev–Trinajstić information content (AvgIpc) is 3.18. The summed E-state index contributed by atoms with van der Waals surface area (Å²) in [5, 5.41) is 13.9. The Morgan fingerprint density at radius 3 is 2.65 bits per heavy atom. The number of rotatable bonds is 6. The molecule has 1 aliphatic rings. The number of nitrogens with zero attached hydrogens (tertiary/aromatic N) is 5. The van der Waals surface area contributed by atoms with Gasteiger partial charge in [0.15, 0.2) is 5.82 Å². The van der Waals surface area contributed by atoms with Crippen molar-refractivity contribution in [2.24, 2.45) is 7.05 Å². The molecular weight excluding hydrogens is 392 g/mol. The molecule has 31 heavy (non-hydrogen) atoms. The lowest BCUT2D eigenvalue weighted by Gasteiger charge is -2.29. The number of carbonyl (C=O) groups is 1. The first-order chi connectivity index (χ1) is 15.0. The van der Waals surface area contributed by atoms with Crippen molar-refractivity contribution in [2.75, 3.05) is 36.4 Å². The SMILES string of the molecule is CC(C)NC(=O)c1cc(-c2ccnc(Nc3ccn(C)n3)c2)nc(N2CCNCC2)c1. The van der Waals surface area contributed by atoms with Crippen LogP contribution in [0, 0.1) is 0 Å². The second kappa shape index (κ2) is 9.13. The van der Waals surface area contributed by atoms with Crippen LogP contribution in [0.25, 0.3) is 11.3 Å². The highest BCUT2D eigenvalue weighted by molar-refractivity contribution is 5.96. The van der Waals surface area contributed by atoms with Crippen LogP contribution >= 0.6 is 0 Å². The lowest BCUT2D eigenvalue weighted by atomic mass is 10.1. The van der Waals surface area contributed by atoms with E-state index in [2.05, 4.69) is 30.9 Å². The smallest absolute Gasteiger partial charge is 0.251 e. The molecule has 0 saturated carbocycles. The summed E-state index contributed by atoms with van der Waals surface area (Å²) >= 11 is 0. The van der Waals surface area contributed by atoms with E-state index in [0.29, 0.717) is 17.2 Å². The maximum absolute atomic E-state index is 12.8. The van der Waals surface area contributed by atoms with Crippen LogP contribution < -0.4 is 20.9 Å². The van der Waals surface area contributed by atoms with E-state index in [0.717, 1.165) is 43.3 Å². The molecule has 0 spiro atoms. The Morgan fingerprint density at radius 1 is 1.13 bits per heavy atom. The molecule has 1 aliphatic heterocycles. The second-order valence-electron chi connectivity index (χ2n) is 7.89. The number of pyridine rings is 2. The van der Waals surface area contributed by atoms with E-state index in [4.69, 9.17) is 4.98 Å². The Kier molecular flexibility index (Phi) is 6.13. The van der Waals surface area contributed by atoms with Gasteiger partial charge in [0, 0.05) is 68.9 Å². The zero-order chi connectivity index (χ0) is 21.8. The number of hydrogen-bond donors (Lipinski definition) is 3. The van der Waals surface area contributed by atoms with Gasteiger partial charge in [-0.1, -0.05) is 0 Å². The monoisotopic (exact) mass is 420 g/mol. The predicted octanol–water partition coefficient (Wildman–Crippen LogP) is 2.17. The minimum absolute atomic E-state index is 0.0573. The van der Waals surface area contributed by atoms with E-state index >= 15 is 0 Å². The van der Waals surface area contributed by atoms with Gasteiger partial charge in [-0.05, 0) is 38.1 Å². The quantitative estimate of drug-likeness (QED) is 0.562. The Balaban J connectivity index is 1.69. The second-order valence-corrected chi connectivity index (χ2v) is 7.89. The molecule has 1 amide bonds. The van der Waals surface area contributed by atoms with Crippen molar-refractivity contribution >= 4 is 23.4 Å². The van der Waals surface area contributed by atoms with E-state index in [1.54, 1.807) is 10.9 Å². The molecule has 0 aliphatic carbocycles. The zero-order valence-electron chi connectivity index (χ0n) is 18.1. The molecule has 0 bridgehead atoms. The van der Waals surface area contributed by atoms with Crippen LogP contribution in [-0.2, 0) is 7.05 Å². The highest BCUT2D eigenvalue weighted by Crippen LogP contribution is 2.26. The molecule has 3 aromatic rings. The fraction of sp³-hybridized carbons (Fsp3) is 0.364. The normalized spacial score (nSPS) is 14.0. The van der Waals surface area contributed by atoms with E-state index in [-0.39, 0.29) is 11.9 Å². The molecular formula is C22H28N8O. The average molecular weight is 421 g/mol. The first-order valence-electron chi connectivity index (χ1n) is 10.5. The maximum atomic E-state index is 12.8. The minimum Gasteiger partial charge on any atom is -0.354 e. The van der Waals surface area contributed by atoms with Crippen molar-refractivity contribution in [1.29, 1.82) is 0 Å². The number of aryl methyl sites for hydroxylation is 1. The molecule has 3 aromatic heterocycles. The third-order valence-corrected chi connectivity index (χ3v) is 4.96. The first-order valence-corrected chi connectivity index (χ1v) is 10.5. The molecule has 9 nitrogen and oxygen atoms in total. The third-order valence-electron chi connectivity index (χ3n) is 4.96. The molecule has 1 saturated heterocycles. The summed E-state index contributed by atoms with van der Waals surface area (Å²) in [5.41, 5.74) is 2.21. The fourth-order valence-electron chi connectivity index (χ4n) is 3.47. The molecule has 9 heteroatoms.